The minimum Gasteiger partial charge on any atom is -0.457 e. The Labute approximate surface area is 143 Å². The number of nitrogens with one attached hydrogen (secondary N) is 1. The molecule has 122 valence electrons. The zero-order valence-electron chi connectivity index (χ0n) is 13.4. The normalized spacial score (nSPS) is 10.9. The van der Waals surface area contributed by atoms with Gasteiger partial charge < -0.3 is 9.72 Å². The Morgan fingerprint density at radius 2 is 1.56 bits per heavy atom. The number of rotatable bonds is 3. The van der Waals surface area contributed by atoms with Crippen molar-refractivity contribution in [3.63, 3.8) is 0 Å². The lowest BCUT2D eigenvalue weighted by atomic mass is 10.1. The first-order valence-corrected chi connectivity index (χ1v) is 7.98. The molecular formula is C21H15NO3. The molecule has 4 heteroatoms. The second-order valence-corrected chi connectivity index (χ2v) is 5.82. The molecule has 0 saturated carbocycles. The molecule has 1 N–H and O–H groups in total. The number of pyridine rings is 1. The topological polar surface area (TPSA) is 59.2 Å². The smallest absolute Gasteiger partial charge is 0.338 e. The minimum absolute atomic E-state index is 0.0953. The highest BCUT2D eigenvalue weighted by molar-refractivity contribution is 5.98. The number of fused-ring (bicyclic) bond motifs is 2. The summed E-state index contributed by atoms with van der Waals surface area (Å²) in [5, 5.41) is 1.08. The lowest BCUT2D eigenvalue weighted by Gasteiger charge is -2.07. The van der Waals surface area contributed by atoms with Crippen LogP contribution in [-0.4, -0.2) is 11.0 Å². The summed E-state index contributed by atoms with van der Waals surface area (Å²) in [5.41, 5.74) is 2.66. The summed E-state index contributed by atoms with van der Waals surface area (Å²) < 4.78 is 5.34. The molecule has 0 radical (unpaired) electrons. The van der Waals surface area contributed by atoms with Crippen LogP contribution in [0, 0.1) is 0 Å². The summed E-state index contributed by atoms with van der Waals surface area (Å²) in [6.45, 7) is 0.200. The molecule has 0 fully saturated rings. The van der Waals surface area contributed by atoms with Gasteiger partial charge in [-0.2, -0.15) is 0 Å². The Hall–Kier alpha value is -3.40. The predicted molar refractivity (Wildman–Crippen MR) is 97.6 cm³/mol. The molecule has 25 heavy (non-hydrogen) atoms. The van der Waals surface area contributed by atoms with Crippen LogP contribution >= 0.6 is 0 Å². The second-order valence-electron chi connectivity index (χ2n) is 5.82. The summed E-state index contributed by atoms with van der Waals surface area (Å²) in [6.07, 6.45) is 0. The zero-order chi connectivity index (χ0) is 17.2. The van der Waals surface area contributed by atoms with E-state index in [0.717, 1.165) is 11.1 Å². The largest absolute Gasteiger partial charge is 0.457 e. The van der Waals surface area contributed by atoms with E-state index in [4.69, 9.17) is 4.74 Å². The van der Waals surface area contributed by atoms with Crippen LogP contribution in [-0.2, 0) is 11.3 Å². The lowest BCUT2D eigenvalue weighted by Crippen LogP contribution is -2.08. The second kappa shape index (κ2) is 6.24. The molecule has 1 aromatic heterocycles. The number of hydrogen-bond donors (Lipinski definition) is 1. The van der Waals surface area contributed by atoms with E-state index >= 15 is 0 Å². The molecule has 4 rings (SSSR count). The standard InChI is InChI=1S/C21H15NO3/c23-20-16-8-4-5-9-18(16)22-19-11-10-15(12-17(19)20)21(24)25-13-14-6-2-1-3-7-14/h1-12H,13H2,(H,22,23). The maximum Gasteiger partial charge on any atom is 0.338 e. The number of carbonyl (C=O) groups is 1. The molecule has 3 aromatic carbocycles. The summed E-state index contributed by atoms with van der Waals surface area (Å²) in [4.78, 5) is 28.2. The van der Waals surface area contributed by atoms with Crippen molar-refractivity contribution in [2.75, 3.05) is 0 Å². The van der Waals surface area contributed by atoms with Crippen LogP contribution < -0.4 is 5.43 Å². The zero-order valence-corrected chi connectivity index (χ0v) is 13.4. The first-order valence-electron chi connectivity index (χ1n) is 7.98. The SMILES string of the molecule is O=C(OCc1ccccc1)c1ccc2[nH]c3ccccc3c(=O)c2c1. The van der Waals surface area contributed by atoms with Crippen LogP contribution in [0.4, 0.5) is 0 Å². The van der Waals surface area contributed by atoms with Gasteiger partial charge in [0.2, 0.25) is 0 Å². The molecule has 0 saturated heterocycles. The fraction of sp³-hybridized carbons (Fsp3) is 0.0476. The van der Waals surface area contributed by atoms with Crippen LogP contribution in [0.3, 0.4) is 0 Å². The summed E-state index contributed by atoms with van der Waals surface area (Å²) in [5.74, 6) is -0.446. The number of ether oxygens (including phenoxy) is 1. The molecule has 1 heterocycles. The maximum absolute atomic E-state index is 12.7. The highest BCUT2D eigenvalue weighted by atomic mass is 16.5. The number of benzene rings is 3. The first-order chi connectivity index (χ1) is 12.2. The van der Waals surface area contributed by atoms with Crippen LogP contribution in [0.25, 0.3) is 21.8 Å². The van der Waals surface area contributed by atoms with Crippen molar-refractivity contribution in [1.29, 1.82) is 0 Å². The van der Waals surface area contributed by atoms with Gasteiger partial charge in [-0.3, -0.25) is 4.79 Å². The number of aromatic nitrogens is 1. The number of esters is 1. The molecule has 0 spiro atoms. The Bertz CT molecular complexity index is 1130. The summed E-state index contributed by atoms with van der Waals surface area (Å²) in [7, 11) is 0. The highest BCUT2D eigenvalue weighted by Crippen LogP contribution is 2.17. The average molecular weight is 329 g/mol. The Kier molecular flexibility index (Phi) is 3.78. The molecular weight excluding hydrogens is 314 g/mol. The van der Waals surface area contributed by atoms with Gasteiger partial charge in [0.05, 0.1) is 5.56 Å². The fourth-order valence-corrected chi connectivity index (χ4v) is 2.85. The Morgan fingerprint density at radius 3 is 2.40 bits per heavy atom. The number of para-hydroxylation sites is 1. The molecule has 0 unspecified atom stereocenters. The van der Waals surface area contributed by atoms with Crippen molar-refractivity contribution < 1.29 is 9.53 Å². The van der Waals surface area contributed by atoms with Crippen molar-refractivity contribution in [2.45, 2.75) is 6.61 Å². The fourth-order valence-electron chi connectivity index (χ4n) is 2.85. The molecule has 4 nitrogen and oxygen atoms in total. The van der Waals surface area contributed by atoms with Gasteiger partial charge >= 0.3 is 5.97 Å². The van der Waals surface area contributed by atoms with Gasteiger partial charge in [-0.05, 0) is 35.9 Å². The van der Waals surface area contributed by atoms with Gasteiger partial charge in [0.1, 0.15) is 6.61 Å². The highest BCUT2D eigenvalue weighted by Gasteiger charge is 2.11. The van der Waals surface area contributed by atoms with Crippen molar-refractivity contribution in [3.8, 4) is 0 Å². The lowest BCUT2D eigenvalue weighted by molar-refractivity contribution is 0.0473. The predicted octanol–water partition coefficient (Wildman–Crippen LogP) is 4.04. The van der Waals surface area contributed by atoms with E-state index in [1.165, 1.54) is 0 Å². The van der Waals surface area contributed by atoms with Gasteiger partial charge in [-0.25, -0.2) is 4.79 Å². The van der Waals surface area contributed by atoms with E-state index < -0.39 is 5.97 Å². The van der Waals surface area contributed by atoms with Crippen LogP contribution in [0.5, 0.6) is 0 Å². The van der Waals surface area contributed by atoms with E-state index in [-0.39, 0.29) is 12.0 Å². The van der Waals surface area contributed by atoms with Crippen molar-refractivity contribution >= 4 is 27.8 Å². The van der Waals surface area contributed by atoms with E-state index in [2.05, 4.69) is 4.98 Å². The Balaban J connectivity index is 1.68. The molecule has 0 aliphatic carbocycles. The molecule has 4 aromatic rings. The average Bonchev–Trinajstić information content (AvgIpc) is 2.67. The van der Waals surface area contributed by atoms with Gasteiger partial charge in [0.25, 0.3) is 0 Å². The third kappa shape index (κ3) is 2.90. The van der Waals surface area contributed by atoms with Gasteiger partial charge in [-0.15, -0.1) is 0 Å². The molecule has 0 aliphatic heterocycles. The number of hydrogen-bond acceptors (Lipinski definition) is 3. The van der Waals surface area contributed by atoms with Crippen LogP contribution in [0.15, 0.2) is 77.6 Å². The minimum atomic E-state index is -0.446. The van der Waals surface area contributed by atoms with Crippen molar-refractivity contribution in [2.24, 2.45) is 0 Å². The van der Waals surface area contributed by atoms with E-state index in [9.17, 15) is 9.59 Å². The molecule has 0 bridgehead atoms. The van der Waals surface area contributed by atoms with Gasteiger partial charge in [0.15, 0.2) is 5.43 Å². The van der Waals surface area contributed by atoms with Crippen LogP contribution in [0.2, 0.25) is 0 Å². The molecule has 0 aliphatic rings. The van der Waals surface area contributed by atoms with E-state index in [1.54, 1.807) is 24.3 Å². The van der Waals surface area contributed by atoms with Crippen molar-refractivity contribution in [3.05, 3.63) is 94.1 Å². The van der Waals surface area contributed by atoms with E-state index in [1.807, 2.05) is 48.5 Å². The quantitative estimate of drug-likeness (QED) is 0.456. The number of H-pyrrole nitrogens is 1. The third-order valence-electron chi connectivity index (χ3n) is 4.15. The van der Waals surface area contributed by atoms with Gasteiger partial charge in [0, 0.05) is 21.8 Å². The van der Waals surface area contributed by atoms with Crippen molar-refractivity contribution in [1.82, 2.24) is 4.98 Å². The Morgan fingerprint density at radius 1 is 0.840 bits per heavy atom. The number of aromatic amines is 1. The number of carbonyl (C=O) groups excluding carboxylic acids is 1. The maximum atomic E-state index is 12.7. The summed E-state index contributed by atoms with van der Waals surface area (Å²) >= 11 is 0. The van der Waals surface area contributed by atoms with E-state index in [0.29, 0.717) is 21.9 Å². The first kappa shape index (κ1) is 15.1. The third-order valence-corrected chi connectivity index (χ3v) is 4.15. The summed E-state index contributed by atoms with van der Waals surface area (Å²) in [6, 6.07) is 21.8. The molecule has 0 amide bonds. The monoisotopic (exact) mass is 329 g/mol. The van der Waals surface area contributed by atoms with Gasteiger partial charge in [-0.1, -0.05) is 42.5 Å². The molecule has 0 atom stereocenters. The van der Waals surface area contributed by atoms with Crippen LogP contribution in [0.1, 0.15) is 15.9 Å².